The van der Waals surface area contributed by atoms with Gasteiger partial charge in [-0.3, -0.25) is 9.59 Å². The Hall–Kier alpha value is -2.96. The highest BCUT2D eigenvalue weighted by atomic mass is 16.7. The topological polar surface area (TPSA) is 90.0 Å². The standard InChI is InChI=1S/C31H43NO6/c1-18-19(2)29-24(16-30(29,7)21(18)4)15-25-20(3)22(5)31(8,23(25)6)17-37-27(35)12-13-28(36)38-32(9)26(34)11-10-14-33/h14,24H,10-13,15-17H2,1-9H3. The van der Waals surface area contributed by atoms with Crippen molar-refractivity contribution < 1.29 is 28.8 Å². The fraction of sp³-hybridized carbons (Fsp3) is 0.613. The Kier molecular flexibility index (Phi) is 8.59. The molecule has 0 saturated heterocycles. The fourth-order valence-electron chi connectivity index (χ4n) is 6.57. The van der Waals surface area contributed by atoms with Gasteiger partial charge in [0, 0.05) is 30.7 Å². The van der Waals surface area contributed by atoms with Crippen LogP contribution in [0.2, 0.25) is 0 Å². The average molecular weight is 526 g/mol. The van der Waals surface area contributed by atoms with E-state index in [4.69, 9.17) is 9.57 Å². The average Bonchev–Trinajstić information content (AvgIpc) is 3.10. The second-order valence-corrected chi connectivity index (χ2v) is 11.6. The van der Waals surface area contributed by atoms with Gasteiger partial charge in [0.25, 0.3) is 5.91 Å². The smallest absolute Gasteiger partial charge is 0.333 e. The molecule has 0 bridgehead atoms. The van der Waals surface area contributed by atoms with Crippen LogP contribution < -0.4 is 0 Å². The number of hydrogen-bond acceptors (Lipinski definition) is 6. The van der Waals surface area contributed by atoms with E-state index in [0.717, 1.165) is 11.5 Å². The molecule has 0 aromatic carbocycles. The van der Waals surface area contributed by atoms with Gasteiger partial charge in [-0.2, -0.15) is 5.06 Å². The Balaban J connectivity index is 1.57. The van der Waals surface area contributed by atoms with Crippen LogP contribution in [0.5, 0.6) is 0 Å². The highest BCUT2D eigenvalue weighted by Gasteiger charge is 2.52. The van der Waals surface area contributed by atoms with Crippen LogP contribution in [0.3, 0.4) is 0 Å². The van der Waals surface area contributed by atoms with E-state index in [9.17, 15) is 19.2 Å². The highest BCUT2D eigenvalue weighted by molar-refractivity contribution is 5.81. The fourth-order valence-corrected chi connectivity index (χ4v) is 6.57. The first-order valence-corrected chi connectivity index (χ1v) is 13.5. The number of esters is 1. The number of fused-ring (bicyclic) bond motifs is 1. The summed E-state index contributed by atoms with van der Waals surface area (Å²) in [6.45, 7) is 17.9. The van der Waals surface area contributed by atoms with Crippen molar-refractivity contribution in [2.24, 2.45) is 16.7 Å². The summed E-state index contributed by atoms with van der Waals surface area (Å²) in [5, 5.41) is 0.801. The molecule has 0 N–H and O–H groups in total. The molecule has 0 spiro atoms. The number of rotatable bonds is 10. The zero-order valence-corrected chi connectivity index (χ0v) is 24.5. The number of hydroxylamine groups is 2. The number of allylic oxidation sites excluding steroid dienone is 6. The normalized spacial score (nSPS) is 26.5. The van der Waals surface area contributed by atoms with E-state index in [2.05, 4.69) is 55.4 Å². The van der Waals surface area contributed by atoms with Crippen molar-refractivity contribution >= 4 is 24.1 Å². The van der Waals surface area contributed by atoms with Crippen molar-refractivity contribution in [3.8, 4) is 0 Å². The minimum absolute atomic E-state index is 0.0392. The lowest BCUT2D eigenvalue weighted by molar-refractivity contribution is -0.193. The summed E-state index contributed by atoms with van der Waals surface area (Å²) < 4.78 is 5.65. The van der Waals surface area contributed by atoms with Gasteiger partial charge in [-0.1, -0.05) is 29.2 Å². The minimum atomic E-state index is -0.703. The molecule has 1 saturated carbocycles. The lowest BCUT2D eigenvalue weighted by Gasteiger charge is -2.48. The number of amides is 1. The summed E-state index contributed by atoms with van der Waals surface area (Å²) in [7, 11) is 1.31. The van der Waals surface area contributed by atoms with Crippen molar-refractivity contribution in [2.75, 3.05) is 13.7 Å². The number of aldehydes is 1. The van der Waals surface area contributed by atoms with E-state index in [1.165, 1.54) is 52.5 Å². The molecule has 208 valence electrons. The molecule has 1 fully saturated rings. The summed E-state index contributed by atoms with van der Waals surface area (Å²) in [5.41, 5.74) is 11.0. The Labute approximate surface area is 226 Å². The van der Waals surface area contributed by atoms with E-state index in [1.54, 1.807) is 5.57 Å². The molecular formula is C31H43NO6. The molecular weight excluding hydrogens is 482 g/mol. The van der Waals surface area contributed by atoms with Crippen LogP contribution in [0.4, 0.5) is 0 Å². The van der Waals surface area contributed by atoms with Crippen LogP contribution in [0.25, 0.3) is 0 Å². The van der Waals surface area contributed by atoms with Crippen molar-refractivity contribution in [1.82, 2.24) is 5.06 Å². The molecule has 1 amide bonds. The van der Waals surface area contributed by atoms with Gasteiger partial charge in [0.1, 0.15) is 12.9 Å². The Morgan fingerprint density at radius 1 is 0.895 bits per heavy atom. The van der Waals surface area contributed by atoms with Crippen LogP contribution in [-0.4, -0.2) is 42.8 Å². The number of nitrogens with zero attached hydrogens (tertiary/aromatic N) is 1. The predicted molar refractivity (Wildman–Crippen MR) is 145 cm³/mol. The summed E-state index contributed by atoms with van der Waals surface area (Å²) in [4.78, 5) is 51.6. The Morgan fingerprint density at radius 3 is 2.13 bits per heavy atom. The van der Waals surface area contributed by atoms with Gasteiger partial charge >= 0.3 is 11.9 Å². The molecule has 0 aromatic heterocycles. The van der Waals surface area contributed by atoms with Crippen LogP contribution in [-0.2, 0) is 28.8 Å². The van der Waals surface area contributed by atoms with E-state index in [0.29, 0.717) is 12.2 Å². The van der Waals surface area contributed by atoms with Crippen molar-refractivity contribution in [1.29, 1.82) is 0 Å². The zero-order valence-electron chi connectivity index (χ0n) is 24.5. The maximum atomic E-state index is 12.5. The highest BCUT2D eigenvalue weighted by Crippen LogP contribution is 2.64. The molecule has 3 aliphatic rings. The lowest BCUT2D eigenvalue weighted by atomic mass is 9.56. The molecule has 0 aliphatic heterocycles. The van der Waals surface area contributed by atoms with Crippen LogP contribution >= 0.6 is 0 Å². The molecule has 38 heavy (non-hydrogen) atoms. The zero-order chi connectivity index (χ0) is 28.6. The van der Waals surface area contributed by atoms with Gasteiger partial charge in [-0.25, -0.2) is 4.79 Å². The molecule has 0 aromatic rings. The van der Waals surface area contributed by atoms with Gasteiger partial charge in [-0.05, 0) is 89.5 Å². The molecule has 0 radical (unpaired) electrons. The SMILES string of the molecule is CC1=C(C)C(C)(COC(=O)CCC(=O)ON(C)C(=O)CCC=O)C(C)=C1CC1CC2(C)C(C)=C(C)C(C)=C12. The van der Waals surface area contributed by atoms with E-state index >= 15 is 0 Å². The number of hydrogen-bond donors (Lipinski definition) is 0. The first-order chi connectivity index (χ1) is 17.7. The summed E-state index contributed by atoms with van der Waals surface area (Å²) in [6.07, 6.45) is 2.49. The van der Waals surface area contributed by atoms with Gasteiger partial charge in [-0.15, -0.1) is 0 Å². The summed E-state index contributed by atoms with van der Waals surface area (Å²) >= 11 is 0. The van der Waals surface area contributed by atoms with E-state index in [-0.39, 0.29) is 43.1 Å². The Morgan fingerprint density at radius 2 is 1.53 bits per heavy atom. The van der Waals surface area contributed by atoms with Crippen LogP contribution in [0.1, 0.15) is 93.9 Å². The Bertz CT molecular complexity index is 1180. The molecule has 3 atom stereocenters. The summed E-state index contributed by atoms with van der Waals surface area (Å²) in [5.74, 6) is -1.13. The quantitative estimate of drug-likeness (QED) is 0.199. The second-order valence-electron chi connectivity index (χ2n) is 11.6. The number of carbonyl (C=O) groups is 4. The maximum Gasteiger partial charge on any atom is 0.333 e. The molecule has 7 heteroatoms. The molecule has 0 heterocycles. The number of ether oxygens (including phenoxy) is 1. The van der Waals surface area contributed by atoms with Crippen LogP contribution in [0.15, 0.2) is 44.6 Å². The van der Waals surface area contributed by atoms with Crippen LogP contribution in [0, 0.1) is 16.7 Å². The first-order valence-electron chi connectivity index (χ1n) is 13.5. The van der Waals surface area contributed by atoms with E-state index < -0.39 is 17.8 Å². The minimum Gasteiger partial charge on any atom is -0.464 e. The van der Waals surface area contributed by atoms with Gasteiger partial charge in [0.15, 0.2) is 0 Å². The van der Waals surface area contributed by atoms with Crippen molar-refractivity contribution in [3.05, 3.63) is 44.6 Å². The van der Waals surface area contributed by atoms with Gasteiger partial charge in [0.2, 0.25) is 0 Å². The molecule has 3 aliphatic carbocycles. The second kappa shape index (κ2) is 11.0. The largest absolute Gasteiger partial charge is 0.464 e. The lowest BCUT2D eigenvalue weighted by Crippen LogP contribution is -2.37. The number of carbonyl (C=O) groups excluding carboxylic acids is 4. The predicted octanol–water partition coefficient (Wildman–Crippen LogP) is 5.96. The summed E-state index contributed by atoms with van der Waals surface area (Å²) in [6, 6.07) is 0. The monoisotopic (exact) mass is 525 g/mol. The third-order valence-electron chi connectivity index (χ3n) is 9.71. The van der Waals surface area contributed by atoms with E-state index in [1.807, 2.05) is 0 Å². The first kappa shape index (κ1) is 29.6. The third-order valence-corrected chi connectivity index (χ3v) is 9.71. The maximum absolute atomic E-state index is 12.5. The third kappa shape index (κ3) is 5.16. The molecule has 3 unspecified atom stereocenters. The van der Waals surface area contributed by atoms with Crippen molar-refractivity contribution in [2.45, 2.75) is 93.9 Å². The molecule has 7 nitrogen and oxygen atoms in total. The molecule has 3 rings (SSSR count). The van der Waals surface area contributed by atoms with Gasteiger partial charge < -0.3 is 14.4 Å². The van der Waals surface area contributed by atoms with Crippen molar-refractivity contribution in [3.63, 3.8) is 0 Å². The van der Waals surface area contributed by atoms with Gasteiger partial charge in [0.05, 0.1) is 12.8 Å².